The first kappa shape index (κ1) is 19.5. The van der Waals surface area contributed by atoms with E-state index in [0.717, 1.165) is 12.8 Å². The lowest BCUT2D eigenvalue weighted by Gasteiger charge is -2.46. The zero-order valence-corrected chi connectivity index (χ0v) is 17.2. The van der Waals surface area contributed by atoms with Gasteiger partial charge in [0.2, 0.25) is 0 Å². The van der Waals surface area contributed by atoms with Crippen LogP contribution in [-0.2, 0) is 15.8 Å². The van der Waals surface area contributed by atoms with Crippen LogP contribution in [0, 0.1) is 5.92 Å². The molecule has 1 N–H and O–H groups in total. The van der Waals surface area contributed by atoms with E-state index in [1.807, 2.05) is 20.8 Å². The molecule has 21 heavy (non-hydrogen) atoms. The van der Waals surface area contributed by atoms with Crippen LogP contribution in [0.4, 0.5) is 0 Å². The summed E-state index contributed by atoms with van der Waals surface area (Å²) in [5.41, 5.74) is 0. The molecular formula is C16H35NO2SSi. The summed E-state index contributed by atoms with van der Waals surface area (Å²) in [7, 11) is -1.64. The van der Waals surface area contributed by atoms with Crippen molar-refractivity contribution in [1.82, 2.24) is 4.72 Å². The Labute approximate surface area is 136 Å². The Balaban J connectivity index is 2.40. The molecular weight excluding hydrogens is 298 g/mol. The van der Waals surface area contributed by atoms with E-state index in [2.05, 4.69) is 45.5 Å². The zero-order valence-electron chi connectivity index (χ0n) is 15.4. The van der Waals surface area contributed by atoms with Gasteiger partial charge in [0, 0.05) is 17.5 Å². The summed E-state index contributed by atoms with van der Waals surface area (Å²) in [6.45, 7) is 19.7. The summed E-state index contributed by atoms with van der Waals surface area (Å²) in [4.78, 5) is 0. The predicted octanol–water partition coefficient (Wildman–Crippen LogP) is 4.23. The minimum Gasteiger partial charge on any atom is -0.598 e. The fourth-order valence-electron chi connectivity index (χ4n) is 2.15. The molecule has 2 unspecified atom stereocenters. The van der Waals surface area contributed by atoms with E-state index >= 15 is 0 Å². The Morgan fingerprint density at radius 3 is 2.00 bits per heavy atom. The van der Waals surface area contributed by atoms with Crippen LogP contribution >= 0.6 is 0 Å². The third kappa shape index (κ3) is 5.24. The molecule has 1 rings (SSSR count). The van der Waals surface area contributed by atoms with E-state index in [1.54, 1.807) is 0 Å². The van der Waals surface area contributed by atoms with E-state index in [4.69, 9.17) is 4.43 Å². The first-order valence-corrected chi connectivity index (χ1v) is 12.2. The van der Waals surface area contributed by atoms with Crippen molar-refractivity contribution in [1.29, 1.82) is 0 Å². The van der Waals surface area contributed by atoms with Crippen molar-refractivity contribution >= 4 is 19.7 Å². The van der Waals surface area contributed by atoms with E-state index in [-0.39, 0.29) is 9.79 Å². The molecule has 0 radical (unpaired) electrons. The summed E-state index contributed by atoms with van der Waals surface area (Å²) < 4.78 is 21.6. The highest BCUT2D eigenvalue weighted by Gasteiger charge is 2.44. The second-order valence-corrected chi connectivity index (χ2v) is 15.8. The molecule has 0 aromatic heterocycles. The largest absolute Gasteiger partial charge is 0.598 e. The number of rotatable bonds is 5. The van der Waals surface area contributed by atoms with Crippen LogP contribution in [0.2, 0.25) is 18.1 Å². The van der Waals surface area contributed by atoms with Gasteiger partial charge in [-0.15, -0.1) is 4.72 Å². The molecule has 0 saturated heterocycles. The lowest BCUT2D eigenvalue weighted by molar-refractivity contribution is 0.0404. The topological polar surface area (TPSA) is 44.3 Å². The van der Waals surface area contributed by atoms with Crippen LogP contribution in [0.3, 0.4) is 0 Å². The maximum absolute atomic E-state index is 12.1. The standard InChI is InChI=1S/C16H35NO2SSi/c1-12(17-20(18)15(2,3)4)13-10-14(11-13)19-21(8,9)16(5,6)7/h12-14,17H,10-11H2,1-9H3/t12?,13-,14+,20?. The van der Waals surface area contributed by atoms with Gasteiger partial charge in [0.05, 0.1) is 6.04 Å². The van der Waals surface area contributed by atoms with Gasteiger partial charge >= 0.3 is 0 Å². The molecule has 1 fully saturated rings. The molecule has 5 heteroatoms. The van der Waals surface area contributed by atoms with Crippen LogP contribution in [0.5, 0.6) is 0 Å². The Bertz CT molecular complexity index is 343. The number of nitrogens with one attached hydrogen (secondary N) is 1. The van der Waals surface area contributed by atoms with Gasteiger partial charge in [-0.2, -0.15) is 0 Å². The second-order valence-electron chi connectivity index (χ2n) is 9.02. The van der Waals surface area contributed by atoms with Crippen molar-refractivity contribution in [2.24, 2.45) is 5.92 Å². The molecule has 0 aromatic carbocycles. The molecule has 1 aliphatic rings. The van der Waals surface area contributed by atoms with Crippen molar-refractivity contribution in [2.45, 2.75) is 96.3 Å². The second kappa shape index (κ2) is 6.52. The van der Waals surface area contributed by atoms with E-state index in [1.165, 1.54) is 0 Å². The molecule has 0 heterocycles. The summed E-state index contributed by atoms with van der Waals surface area (Å²) in [5, 5.41) is 0.273. The highest BCUT2D eigenvalue weighted by Crippen LogP contribution is 2.42. The van der Waals surface area contributed by atoms with Gasteiger partial charge in [0.15, 0.2) is 8.32 Å². The Morgan fingerprint density at radius 2 is 1.62 bits per heavy atom. The smallest absolute Gasteiger partial charge is 0.192 e. The number of hydrogen-bond donors (Lipinski definition) is 1. The zero-order chi connectivity index (χ0) is 16.6. The van der Waals surface area contributed by atoms with Crippen LogP contribution in [0.1, 0.15) is 61.3 Å². The van der Waals surface area contributed by atoms with E-state index < -0.39 is 19.7 Å². The van der Waals surface area contributed by atoms with Crippen LogP contribution in [-0.4, -0.2) is 29.8 Å². The van der Waals surface area contributed by atoms with Gasteiger partial charge in [-0.05, 0) is 64.6 Å². The molecule has 0 bridgehead atoms. The first-order valence-electron chi connectivity index (χ1n) is 8.10. The molecule has 0 aromatic rings. The summed E-state index contributed by atoms with van der Waals surface area (Å²) in [6.07, 6.45) is 2.60. The minimum atomic E-state index is -1.64. The summed E-state index contributed by atoms with van der Waals surface area (Å²) in [6, 6.07) is 0.296. The monoisotopic (exact) mass is 333 g/mol. The van der Waals surface area contributed by atoms with Gasteiger partial charge in [0.25, 0.3) is 0 Å². The quantitative estimate of drug-likeness (QED) is 0.605. The fourth-order valence-corrected chi connectivity index (χ4v) is 4.41. The highest BCUT2D eigenvalue weighted by molar-refractivity contribution is 7.90. The lowest BCUT2D eigenvalue weighted by atomic mass is 9.78. The fraction of sp³-hybridized carbons (Fsp3) is 1.00. The van der Waals surface area contributed by atoms with Gasteiger partial charge < -0.3 is 8.98 Å². The first-order chi connectivity index (χ1) is 9.24. The SMILES string of the molecule is CC(N[S+]([O-])C(C)(C)C)[C@H]1C[C@@H](O[Si](C)(C)C(C)(C)C)C1. The molecule has 126 valence electrons. The molecule has 2 atom stereocenters. The predicted molar refractivity (Wildman–Crippen MR) is 95.3 cm³/mol. The maximum atomic E-state index is 12.1. The van der Waals surface area contributed by atoms with Crippen molar-refractivity contribution in [2.75, 3.05) is 0 Å². The molecule has 1 aliphatic carbocycles. The average molecular weight is 334 g/mol. The number of hydrogen-bond acceptors (Lipinski definition) is 3. The van der Waals surface area contributed by atoms with Gasteiger partial charge in [0.1, 0.15) is 4.75 Å². The van der Waals surface area contributed by atoms with Gasteiger partial charge in [-0.1, -0.05) is 20.8 Å². The summed E-state index contributed by atoms with van der Waals surface area (Å²) in [5.74, 6) is 0.589. The lowest BCUT2D eigenvalue weighted by Crippen LogP contribution is -2.53. The Kier molecular flexibility index (Phi) is 6.05. The third-order valence-corrected chi connectivity index (χ3v) is 11.2. The molecule has 0 amide bonds. The average Bonchev–Trinajstić information content (AvgIpc) is 2.19. The molecule has 0 aliphatic heterocycles. The van der Waals surface area contributed by atoms with Crippen molar-refractivity contribution in [3.63, 3.8) is 0 Å². The Hall–Kier alpha value is 0.447. The van der Waals surface area contributed by atoms with E-state index in [0.29, 0.717) is 18.1 Å². The van der Waals surface area contributed by atoms with E-state index in [9.17, 15) is 4.55 Å². The third-order valence-electron chi connectivity index (χ3n) is 4.95. The normalized spacial score (nSPS) is 27.1. The minimum absolute atomic E-state index is 0.199. The van der Waals surface area contributed by atoms with Crippen molar-refractivity contribution in [3.8, 4) is 0 Å². The van der Waals surface area contributed by atoms with Crippen molar-refractivity contribution in [3.05, 3.63) is 0 Å². The molecule has 0 spiro atoms. The van der Waals surface area contributed by atoms with Crippen LogP contribution in [0.25, 0.3) is 0 Å². The Morgan fingerprint density at radius 1 is 1.14 bits per heavy atom. The van der Waals surface area contributed by atoms with Crippen molar-refractivity contribution < 1.29 is 8.98 Å². The maximum Gasteiger partial charge on any atom is 0.192 e. The van der Waals surface area contributed by atoms with Crippen LogP contribution in [0.15, 0.2) is 0 Å². The van der Waals surface area contributed by atoms with Gasteiger partial charge in [-0.25, -0.2) is 0 Å². The molecule has 1 saturated carbocycles. The summed E-state index contributed by atoms with van der Waals surface area (Å²) >= 11 is -0.982. The molecule has 3 nitrogen and oxygen atoms in total. The highest BCUT2D eigenvalue weighted by atomic mass is 32.2. The van der Waals surface area contributed by atoms with Crippen LogP contribution < -0.4 is 4.72 Å². The van der Waals surface area contributed by atoms with Gasteiger partial charge in [-0.3, -0.25) is 0 Å².